The first-order valence-electron chi connectivity index (χ1n) is 8.46. The van der Waals surface area contributed by atoms with Crippen molar-refractivity contribution in [2.24, 2.45) is 0 Å². The summed E-state index contributed by atoms with van der Waals surface area (Å²) in [6.45, 7) is 3.89. The van der Waals surface area contributed by atoms with E-state index in [9.17, 15) is 13.2 Å². The Hall–Kier alpha value is -2.06. The number of carbonyl (C=O) groups is 1. The Balaban J connectivity index is 1.90. The van der Waals surface area contributed by atoms with Crippen molar-refractivity contribution in [3.63, 3.8) is 0 Å². The van der Waals surface area contributed by atoms with Crippen LogP contribution in [0.4, 0.5) is 5.69 Å². The quantitative estimate of drug-likeness (QED) is 0.661. The fourth-order valence-electron chi connectivity index (χ4n) is 2.58. The summed E-state index contributed by atoms with van der Waals surface area (Å²) in [4.78, 5) is 12.1. The lowest BCUT2D eigenvalue weighted by atomic mass is 10.1. The number of amides is 1. The third-order valence-electron chi connectivity index (χ3n) is 3.93. The van der Waals surface area contributed by atoms with E-state index < -0.39 is 10.0 Å². The number of carbonyl (C=O) groups excluding carboxylic acids is 1. The van der Waals surface area contributed by atoms with Crippen LogP contribution in [0.25, 0.3) is 0 Å². The zero-order valence-corrected chi connectivity index (χ0v) is 17.9. The first-order valence-corrected chi connectivity index (χ1v) is 11.1. The van der Waals surface area contributed by atoms with Crippen LogP contribution in [-0.2, 0) is 14.8 Å². The molecule has 0 aliphatic carbocycles. The van der Waals surface area contributed by atoms with Crippen molar-refractivity contribution < 1.29 is 17.9 Å². The van der Waals surface area contributed by atoms with Gasteiger partial charge in [-0.2, -0.15) is 0 Å². The van der Waals surface area contributed by atoms with Gasteiger partial charge in [-0.1, -0.05) is 28.1 Å². The molecular formula is C19H23BrN2O4S. The molecule has 1 N–H and O–H groups in total. The van der Waals surface area contributed by atoms with Crippen molar-refractivity contribution >= 4 is 37.5 Å². The van der Waals surface area contributed by atoms with E-state index in [1.54, 1.807) is 31.2 Å². The average Bonchev–Trinajstić information content (AvgIpc) is 2.61. The zero-order valence-electron chi connectivity index (χ0n) is 15.5. The molecule has 2 aromatic carbocycles. The third-order valence-corrected chi connectivity index (χ3v) is 5.73. The van der Waals surface area contributed by atoms with Gasteiger partial charge < -0.3 is 10.1 Å². The molecule has 1 atom stereocenters. The van der Waals surface area contributed by atoms with Gasteiger partial charge in [-0.25, -0.2) is 8.42 Å². The standard InChI is InChI=1S/C19H23BrN2O4S/c1-4-22(27(3,24)25)17-9-11-18(12-10-17)26-13-19(23)21-14(2)15-5-7-16(20)8-6-15/h5-12,14H,4,13H2,1-3H3,(H,21,23)/t14-/m0/s1. The second kappa shape index (κ2) is 9.23. The Morgan fingerprint density at radius 3 is 2.26 bits per heavy atom. The van der Waals surface area contributed by atoms with Gasteiger partial charge in [0.1, 0.15) is 5.75 Å². The largest absolute Gasteiger partial charge is 0.484 e. The molecule has 0 unspecified atom stereocenters. The van der Waals surface area contributed by atoms with E-state index >= 15 is 0 Å². The number of sulfonamides is 1. The number of rotatable bonds is 8. The smallest absolute Gasteiger partial charge is 0.258 e. The molecule has 0 radical (unpaired) electrons. The highest BCUT2D eigenvalue weighted by atomic mass is 79.9. The molecule has 0 spiro atoms. The van der Waals surface area contributed by atoms with Crippen molar-refractivity contribution in [3.8, 4) is 5.75 Å². The van der Waals surface area contributed by atoms with Crippen molar-refractivity contribution in [1.82, 2.24) is 5.32 Å². The average molecular weight is 455 g/mol. The summed E-state index contributed by atoms with van der Waals surface area (Å²) >= 11 is 3.38. The van der Waals surface area contributed by atoms with Gasteiger partial charge in [0.25, 0.3) is 5.91 Å². The summed E-state index contributed by atoms with van der Waals surface area (Å²) in [6, 6.07) is 14.2. The maximum atomic E-state index is 12.1. The summed E-state index contributed by atoms with van der Waals surface area (Å²) in [5.74, 6) is 0.260. The van der Waals surface area contributed by atoms with Gasteiger partial charge >= 0.3 is 0 Å². The van der Waals surface area contributed by atoms with Crippen LogP contribution in [0.5, 0.6) is 5.75 Å². The van der Waals surface area contributed by atoms with Crippen LogP contribution in [0, 0.1) is 0 Å². The van der Waals surface area contributed by atoms with Gasteiger partial charge in [0.2, 0.25) is 10.0 Å². The molecule has 0 bridgehead atoms. The highest BCUT2D eigenvalue weighted by molar-refractivity contribution is 9.10. The van der Waals surface area contributed by atoms with Crippen molar-refractivity contribution in [2.75, 3.05) is 23.7 Å². The first-order chi connectivity index (χ1) is 12.7. The molecule has 27 heavy (non-hydrogen) atoms. The lowest BCUT2D eigenvalue weighted by molar-refractivity contribution is -0.123. The predicted molar refractivity (Wildman–Crippen MR) is 111 cm³/mol. The number of ether oxygens (including phenoxy) is 1. The van der Waals surface area contributed by atoms with E-state index in [0.29, 0.717) is 18.0 Å². The Labute approximate surface area is 168 Å². The molecule has 8 heteroatoms. The minimum atomic E-state index is -3.32. The van der Waals surface area contributed by atoms with Gasteiger partial charge in [-0.15, -0.1) is 0 Å². The lowest BCUT2D eigenvalue weighted by Gasteiger charge is -2.20. The number of benzene rings is 2. The molecule has 0 aliphatic heterocycles. The minimum Gasteiger partial charge on any atom is -0.484 e. The highest BCUT2D eigenvalue weighted by Crippen LogP contribution is 2.21. The van der Waals surface area contributed by atoms with Crippen LogP contribution >= 0.6 is 15.9 Å². The maximum Gasteiger partial charge on any atom is 0.258 e. The predicted octanol–water partition coefficient (Wildman–Crippen LogP) is 3.49. The van der Waals surface area contributed by atoms with Crippen LogP contribution in [0.3, 0.4) is 0 Å². The van der Waals surface area contributed by atoms with Crippen LogP contribution in [0.1, 0.15) is 25.5 Å². The number of anilines is 1. The van der Waals surface area contributed by atoms with Gasteiger partial charge in [0.05, 0.1) is 18.0 Å². The van der Waals surface area contributed by atoms with E-state index in [2.05, 4.69) is 21.2 Å². The van der Waals surface area contributed by atoms with Gasteiger partial charge in [-0.3, -0.25) is 9.10 Å². The molecule has 0 fully saturated rings. The molecule has 6 nitrogen and oxygen atoms in total. The molecule has 2 aromatic rings. The van der Waals surface area contributed by atoms with Crippen LogP contribution in [-0.4, -0.2) is 33.7 Å². The summed E-state index contributed by atoms with van der Waals surface area (Å²) in [7, 11) is -3.32. The summed E-state index contributed by atoms with van der Waals surface area (Å²) in [6.07, 6.45) is 1.16. The van der Waals surface area contributed by atoms with E-state index in [1.165, 1.54) is 4.31 Å². The Morgan fingerprint density at radius 2 is 1.74 bits per heavy atom. The Bertz CT molecular complexity index is 868. The molecule has 1 amide bonds. The van der Waals surface area contributed by atoms with Crippen LogP contribution in [0.15, 0.2) is 53.0 Å². The molecule has 0 heterocycles. The normalized spacial score (nSPS) is 12.3. The van der Waals surface area contributed by atoms with E-state index in [0.717, 1.165) is 16.3 Å². The van der Waals surface area contributed by atoms with E-state index in [-0.39, 0.29) is 18.6 Å². The van der Waals surface area contributed by atoms with Crippen LogP contribution in [0.2, 0.25) is 0 Å². The third kappa shape index (κ3) is 6.25. The second-order valence-corrected chi connectivity index (χ2v) is 8.87. The summed E-state index contributed by atoms with van der Waals surface area (Å²) in [5.41, 5.74) is 1.55. The fourth-order valence-corrected chi connectivity index (χ4v) is 3.82. The number of nitrogens with zero attached hydrogens (tertiary/aromatic N) is 1. The van der Waals surface area contributed by atoms with Gasteiger partial charge in [-0.05, 0) is 55.8 Å². The number of hydrogen-bond donors (Lipinski definition) is 1. The molecule has 0 aromatic heterocycles. The van der Waals surface area contributed by atoms with E-state index in [4.69, 9.17) is 4.74 Å². The SMILES string of the molecule is CCN(c1ccc(OCC(=O)N[C@@H](C)c2ccc(Br)cc2)cc1)S(C)(=O)=O. The molecule has 0 saturated heterocycles. The number of nitrogens with one attached hydrogen (secondary N) is 1. The summed E-state index contributed by atoms with van der Waals surface area (Å²) in [5, 5.41) is 2.88. The van der Waals surface area contributed by atoms with E-state index in [1.807, 2.05) is 31.2 Å². The Kier molecular flexibility index (Phi) is 7.26. The minimum absolute atomic E-state index is 0.121. The van der Waals surface area contributed by atoms with Crippen molar-refractivity contribution in [3.05, 3.63) is 58.6 Å². The first kappa shape index (κ1) is 21.2. The number of hydrogen-bond acceptors (Lipinski definition) is 4. The molecule has 146 valence electrons. The maximum absolute atomic E-state index is 12.1. The van der Waals surface area contributed by atoms with Crippen LogP contribution < -0.4 is 14.4 Å². The zero-order chi connectivity index (χ0) is 20.0. The highest BCUT2D eigenvalue weighted by Gasteiger charge is 2.15. The molecule has 0 aliphatic rings. The topological polar surface area (TPSA) is 75.7 Å². The monoisotopic (exact) mass is 454 g/mol. The molecular weight excluding hydrogens is 432 g/mol. The van der Waals surface area contributed by atoms with Gasteiger partial charge in [0.15, 0.2) is 6.61 Å². The second-order valence-electron chi connectivity index (χ2n) is 6.05. The molecule has 0 saturated carbocycles. The Morgan fingerprint density at radius 1 is 1.15 bits per heavy atom. The van der Waals surface area contributed by atoms with Crippen molar-refractivity contribution in [1.29, 1.82) is 0 Å². The van der Waals surface area contributed by atoms with Crippen molar-refractivity contribution in [2.45, 2.75) is 19.9 Å². The fraction of sp³-hybridized carbons (Fsp3) is 0.316. The van der Waals surface area contributed by atoms with Gasteiger partial charge in [0, 0.05) is 11.0 Å². The lowest BCUT2D eigenvalue weighted by Crippen LogP contribution is -2.31. The summed E-state index contributed by atoms with van der Waals surface area (Å²) < 4.78 is 31.2. The number of halogens is 1. The molecule has 2 rings (SSSR count).